The number of hydrogen-bond acceptors (Lipinski definition) is 2. The van der Waals surface area contributed by atoms with Crippen molar-refractivity contribution in [3.63, 3.8) is 0 Å². The van der Waals surface area contributed by atoms with Gasteiger partial charge in [0.15, 0.2) is 11.1 Å². The van der Waals surface area contributed by atoms with Crippen LogP contribution < -0.4 is 4.74 Å². The summed E-state index contributed by atoms with van der Waals surface area (Å²) >= 11 is -1.97. The zero-order valence-corrected chi connectivity index (χ0v) is 6.80. The molecule has 0 amide bonds. The number of hydrogen-bond donors (Lipinski definition) is 1. The van der Waals surface area contributed by atoms with Gasteiger partial charge in [0.2, 0.25) is 0 Å². The molecule has 0 aliphatic carbocycles. The molecule has 1 unspecified atom stereocenters. The molecule has 0 saturated heterocycles. The van der Waals surface area contributed by atoms with Gasteiger partial charge < -0.3 is 9.29 Å². The maximum absolute atomic E-state index is 10.6. The Kier molecular flexibility index (Phi) is 5.26. The van der Waals surface area contributed by atoms with E-state index < -0.39 is 11.1 Å². The fourth-order valence-electron chi connectivity index (χ4n) is 0.763. The van der Waals surface area contributed by atoms with E-state index in [0.717, 1.165) is 0 Å². The summed E-state index contributed by atoms with van der Waals surface area (Å²) in [5.74, 6) is 0.438. The van der Waals surface area contributed by atoms with Crippen molar-refractivity contribution in [3.05, 3.63) is 24.3 Å². The van der Waals surface area contributed by atoms with Gasteiger partial charge in [-0.2, -0.15) is 0 Å². The molecule has 0 heterocycles. The molecule has 12 heavy (non-hydrogen) atoms. The van der Waals surface area contributed by atoms with Crippen molar-refractivity contribution in [2.24, 2.45) is 0 Å². The molecule has 3 nitrogen and oxygen atoms in total. The monoisotopic (exact) mass is 180 g/mol. The van der Waals surface area contributed by atoms with E-state index in [4.69, 9.17) is 9.29 Å². The van der Waals surface area contributed by atoms with E-state index >= 15 is 0 Å². The number of para-hydroxylation sites is 1. The number of ether oxygens (including phenoxy) is 1. The summed E-state index contributed by atoms with van der Waals surface area (Å²) in [6.07, 6.45) is 0. The summed E-state index contributed by atoms with van der Waals surface area (Å²) in [5.41, 5.74) is 0. The van der Waals surface area contributed by atoms with Gasteiger partial charge in [-0.3, -0.25) is 0 Å². The SMILES string of the molecule is COc1ccccc1S(=O)O.[LiH]. The molecule has 1 atom stereocenters. The van der Waals surface area contributed by atoms with Crippen LogP contribution in [0.4, 0.5) is 0 Å². The number of methoxy groups -OCH3 is 1. The van der Waals surface area contributed by atoms with Crippen molar-refractivity contribution in [3.8, 4) is 5.75 Å². The quantitative estimate of drug-likeness (QED) is 0.536. The average molecular weight is 180 g/mol. The van der Waals surface area contributed by atoms with Crippen molar-refractivity contribution >= 4 is 29.9 Å². The molecule has 0 aliphatic heterocycles. The van der Waals surface area contributed by atoms with Crippen LogP contribution in [0.3, 0.4) is 0 Å². The first-order valence-corrected chi connectivity index (χ1v) is 4.10. The molecule has 0 aromatic heterocycles. The predicted molar refractivity (Wildman–Crippen MR) is 49.2 cm³/mol. The Balaban J connectivity index is 0.00000121. The second kappa shape index (κ2) is 5.39. The second-order valence-corrected chi connectivity index (χ2v) is 2.84. The van der Waals surface area contributed by atoms with Gasteiger partial charge in [0.05, 0.1) is 7.11 Å². The Hall–Kier alpha value is -0.273. The van der Waals surface area contributed by atoms with Crippen LogP contribution in [0.5, 0.6) is 5.75 Å². The molecule has 1 N–H and O–H groups in total. The zero-order chi connectivity index (χ0) is 8.27. The molecule has 1 rings (SSSR count). The Morgan fingerprint density at radius 1 is 1.42 bits per heavy atom. The Bertz CT molecular complexity index is 277. The fraction of sp³-hybridized carbons (Fsp3) is 0.143. The molecule has 0 aliphatic rings. The summed E-state index contributed by atoms with van der Waals surface area (Å²) in [6.45, 7) is 0. The van der Waals surface area contributed by atoms with Crippen LogP contribution in [0, 0.1) is 0 Å². The van der Waals surface area contributed by atoms with Gasteiger partial charge in [-0.25, -0.2) is 4.21 Å². The third-order valence-electron chi connectivity index (χ3n) is 1.26. The minimum absolute atomic E-state index is 0. The van der Waals surface area contributed by atoms with Crippen molar-refractivity contribution in [2.45, 2.75) is 4.90 Å². The summed E-state index contributed by atoms with van der Waals surface area (Å²) in [6, 6.07) is 6.62. The first kappa shape index (κ1) is 11.7. The molecule has 1 aromatic carbocycles. The van der Waals surface area contributed by atoms with Crippen LogP contribution in [-0.2, 0) is 11.1 Å². The van der Waals surface area contributed by atoms with Gasteiger partial charge >= 0.3 is 18.9 Å². The number of rotatable bonds is 2. The zero-order valence-electron chi connectivity index (χ0n) is 5.98. The van der Waals surface area contributed by atoms with Gasteiger partial charge in [-0.1, -0.05) is 12.1 Å². The van der Waals surface area contributed by atoms with E-state index in [1.54, 1.807) is 24.3 Å². The molecule has 0 fully saturated rings. The molecule has 0 spiro atoms. The summed E-state index contributed by atoms with van der Waals surface area (Å²) in [4.78, 5) is 0.301. The van der Waals surface area contributed by atoms with E-state index in [1.165, 1.54) is 7.11 Å². The molecule has 0 saturated carbocycles. The fourth-order valence-corrected chi connectivity index (χ4v) is 1.28. The van der Waals surface area contributed by atoms with Crippen molar-refractivity contribution < 1.29 is 13.5 Å². The van der Waals surface area contributed by atoms with Crippen LogP contribution in [0.2, 0.25) is 0 Å². The Morgan fingerprint density at radius 2 is 2.00 bits per heavy atom. The van der Waals surface area contributed by atoms with E-state index in [-0.39, 0.29) is 18.9 Å². The van der Waals surface area contributed by atoms with E-state index in [1.807, 2.05) is 0 Å². The molecule has 62 valence electrons. The molecule has 0 radical (unpaired) electrons. The summed E-state index contributed by atoms with van der Waals surface area (Å²) in [7, 11) is 1.46. The topological polar surface area (TPSA) is 46.5 Å². The van der Waals surface area contributed by atoms with Gasteiger partial charge in [0.25, 0.3) is 0 Å². The first-order valence-electron chi connectivity index (χ1n) is 2.99. The van der Waals surface area contributed by atoms with Crippen LogP contribution in [0.15, 0.2) is 29.2 Å². The van der Waals surface area contributed by atoms with Crippen molar-refractivity contribution in [2.75, 3.05) is 7.11 Å². The molecule has 5 heteroatoms. The minimum atomic E-state index is -1.97. The van der Waals surface area contributed by atoms with Crippen molar-refractivity contribution in [1.82, 2.24) is 0 Å². The standard InChI is InChI=1S/C7H8O3S.Li.H/c1-10-6-4-2-3-5-7(6)11(8)9;;/h2-5H,1H3,(H,8,9);;. The molecular weight excluding hydrogens is 171 g/mol. The van der Waals surface area contributed by atoms with E-state index in [9.17, 15) is 4.21 Å². The Labute approximate surface area is 85.6 Å². The van der Waals surface area contributed by atoms with Gasteiger partial charge in [-0.15, -0.1) is 0 Å². The van der Waals surface area contributed by atoms with Gasteiger partial charge in [0, 0.05) is 0 Å². The number of benzene rings is 1. The average Bonchev–Trinajstić information content (AvgIpc) is 2.04. The normalized spacial score (nSPS) is 11.5. The third-order valence-corrected chi connectivity index (χ3v) is 1.97. The van der Waals surface area contributed by atoms with E-state index in [0.29, 0.717) is 10.6 Å². The van der Waals surface area contributed by atoms with Crippen LogP contribution in [0.1, 0.15) is 0 Å². The van der Waals surface area contributed by atoms with Crippen LogP contribution >= 0.6 is 0 Å². The Morgan fingerprint density at radius 3 is 2.42 bits per heavy atom. The maximum atomic E-state index is 10.6. The predicted octanol–water partition coefficient (Wildman–Crippen LogP) is 0.627. The third kappa shape index (κ3) is 2.65. The van der Waals surface area contributed by atoms with Crippen molar-refractivity contribution in [1.29, 1.82) is 0 Å². The van der Waals surface area contributed by atoms with Gasteiger partial charge in [-0.05, 0) is 12.1 Å². The van der Waals surface area contributed by atoms with Crippen LogP contribution in [-0.4, -0.2) is 34.7 Å². The first-order chi connectivity index (χ1) is 5.25. The molecule has 0 bridgehead atoms. The molecular formula is C7H9LiO3S. The van der Waals surface area contributed by atoms with Gasteiger partial charge in [0.1, 0.15) is 10.6 Å². The molecule has 1 aromatic rings. The second-order valence-electron chi connectivity index (χ2n) is 1.90. The van der Waals surface area contributed by atoms with Crippen LogP contribution in [0.25, 0.3) is 0 Å². The summed E-state index contributed by atoms with van der Waals surface area (Å²) in [5, 5.41) is 0. The summed E-state index contributed by atoms with van der Waals surface area (Å²) < 4.78 is 24.2. The van der Waals surface area contributed by atoms with E-state index in [2.05, 4.69) is 0 Å².